The molecule has 0 saturated carbocycles. The number of allylic oxidation sites excluding steroid dienone is 1. The summed E-state index contributed by atoms with van der Waals surface area (Å²) in [6.07, 6.45) is 5.72. The fourth-order valence-electron chi connectivity index (χ4n) is 1.15. The van der Waals surface area contributed by atoms with Crippen molar-refractivity contribution < 1.29 is 14.7 Å². The van der Waals surface area contributed by atoms with Crippen molar-refractivity contribution in [2.24, 2.45) is 0 Å². The van der Waals surface area contributed by atoms with Crippen LogP contribution in [0, 0.1) is 6.92 Å². The van der Waals surface area contributed by atoms with Crippen LogP contribution in [-0.4, -0.2) is 22.3 Å². The zero-order valence-corrected chi connectivity index (χ0v) is 8.30. The highest BCUT2D eigenvalue weighted by Gasteiger charge is 2.08. The molecule has 0 spiro atoms. The minimum atomic E-state index is -1.07. The summed E-state index contributed by atoms with van der Waals surface area (Å²) in [6, 6.07) is 1.72. The molecule has 78 valence electrons. The summed E-state index contributed by atoms with van der Waals surface area (Å²) in [4.78, 5) is 24.7. The number of pyridine rings is 1. The van der Waals surface area contributed by atoms with Crippen LogP contribution in [0.1, 0.15) is 28.0 Å². The predicted molar refractivity (Wildman–Crippen MR) is 55.6 cm³/mol. The summed E-state index contributed by atoms with van der Waals surface area (Å²) < 4.78 is 0. The molecule has 4 nitrogen and oxygen atoms in total. The van der Waals surface area contributed by atoms with Crippen LogP contribution in [0.15, 0.2) is 18.3 Å². The first-order valence-corrected chi connectivity index (χ1v) is 4.45. The van der Waals surface area contributed by atoms with Gasteiger partial charge in [0.05, 0.1) is 0 Å². The zero-order chi connectivity index (χ0) is 11.3. The highest BCUT2D eigenvalue weighted by Crippen LogP contribution is 2.10. The zero-order valence-electron chi connectivity index (χ0n) is 8.30. The lowest BCUT2D eigenvalue weighted by Gasteiger charge is -2.00. The molecule has 1 aromatic rings. The Bertz CT molecular complexity index is 410. The van der Waals surface area contributed by atoms with Crippen LogP contribution in [0.4, 0.5) is 0 Å². The summed E-state index contributed by atoms with van der Waals surface area (Å²) in [5.74, 6) is -1.07. The third-order valence-corrected chi connectivity index (χ3v) is 1.79. The van der Waals surface area contributed by atoms with Crippen molar-refractivity contribution in [2.75, 3.05) is 0 Å². The summed E-state index contributed by atoms with van der Waals surface area (Å²) in [6.45, 7) is 1.83. The van der Waals surface area contributed by atoms with Gasteiger partial charge in [-0.05, 0) is 18.6 Å². The van der Waals surface area contributed by atoms with Crippen molar-refractivity contribution in [1.29, 1.82) is 0 Å². The maximum atomic E-state index is 10.8. The van der Waals surface area contributed by atoms with Crippen molar-refractivity contribution in [3.63, 3.8) is 0 Å². The maximum Gasteiger partial charge on any atom is 0.355 e. The smallest absolute Gasteiger partial charge is 0.355 e. The van der Waals surface area contributed by atoms with Gasteiger partial charge in [-0.25, -0.2) is 9.78 Å². The molecule has 1 N–H and O–H groups in total. The standard InChI is InChI=1S/C11H11NO3/c1-8-6-9(4-2-3-5-13)10(11(14)15)12-7-8/h2,4-7H,3H2,1H3,(H,14,15). The average Bonchev–Trinajstić information content (AvgIpc) is 2.18. The maximum absolute atomic E-state index is 10.8. The van der Waals surface area contributed by atoms with E-state index in [4.69, 9.17) is 5.11 Å². The number of aromatic carboxylic acids is 1. The minimum absolute atomic E-state index is 0.00255. The number of hydrogen-bond acceptors (Lipinski definition) is 3. The minimum Gasteiger partial charge on any atom is -0.476 e. The van der Waals surface area contributed by atoms with Crippen LogP contribution < -0.4 is 0 Å². The van der Waals surface area contributed by atoms with Crippen LogP contribution in [-0.2, 0) is 4.79 Å². The molecule has 0 aliphatic heterocycles. The van der Waals surface area contributed by atoms with Crippen LogP contribution in [0.5, 0.6) is 0 Å². The van der Waals surface area contributed by atoms with E-state index in [-0.39, 0.29) is 12.1 Å². The van der Waals surface area contributed by atoms with Gasteiger partial charge in [-0.15, -0.1) is 0 Å². The molecule has 0 unspecified atom stereocenters. The fraction of sp³-hybridized carbons (Fsp3) is 0.182. The lowest BCUT2D eigenvalue weighted by atomic mass is 10.1. The van der Waals surface area contributed by atoms with E-state index in [1.807, 2.05) is 6.92 Å². The number of carbonyl (C=O) groups is 2. The van der Waals surface area contributed by atoms with Gasteiger partial charge in [0.15, 0.2) is 5.69 Å². The number of carboxylic acid groups (broad SMARTS) is 1. The molecule has 4 heteroatoms. The van der Waals surface area contributed by atoms with Gasteiger partial charge in [-0.1, -0.05) is 12.2 Å². The lowest BCUT2D eigenvalue weighted by molar-refractivity contribution is -0.107. The normalized spacial score (nSPS) is 10.5. The molecule has 0 atom stereocenters. The van der Waals surface area contributed by atoms with E-state index in [9.17, 15) is 9.59 Å². The van der Waals surface area contributed by atoms with Gasteiger partial charge >= 0.3 is 5.97 Å². The molecule has 0 aliphatic carbocycles. The quantitative estimate of drug-likeness (QED) is 0.759. The predicted octanol–water partition coefficient (Wildman–Crippen LogP) is 1.69. The Morgan fingerprint density at radius 2 is 2.33 bits per heavy atom. The largest absolute Gasteiger partial charge is 0.476 e. The van der Waals surface area contributed by atoms with Gasteiger partial charge < -0.3 is 9.90 Å². The first kappa shape index (κ1) is 11.1. The Morgan fingerprint density at radius 3 is 2.93 bits per heavy atom. The van der Waals surface area contributed by atoms with Crippen LogP contribution in [0.2, 0.25) is 0 Å². The highest BCUT2D eigenvalue weighted by molar-refractivity contribution is 5.90. The molecule has 0 aromatic carbocycles. The Morgan fingerprint density at radius 1 is 1.60 bits per heavy atom. The van der Waals surface area contributed by atoms with Crippen molar-refractivity contribution in [3.05, 3.63) is 35.2 Å². The summed E-state index contributed by atoms with van der Waals surface area (Å²) in [5, 5.41) is 8.85. The van der Waals surface area contributed by atoms with Gasteiger partial charge in [-0.3, -0.25) is 0 Å². The molecule has 0 radical (unpaired) electrons. The molecular formula is C11H11NO3. The highest BCUT2D eigenvalue weighted by atomic mass is 16.4. The van der Waals surface area contributed by atoms with Gasteiger partial charge in [0.1, 0.15) is 6.29 Å². The summed E-state index contributed by atoms with van der Waals surface area (Å²) in [5.41, 5.74) is 1.40. The molecule has 0 amide bonds. The van der Waals surface area contributed by atoms with Crippen molar-refractivity contribution in [1.82, 2.24) is 4.98 Å². The van der Waals surface area contributed by atoms with Crippen LogP contribution in [0.3, 0.4) is 0 Å². The van der Waals surface area contributed by atoms with E-state index in [0.29, 0.717) is 5.56 Å². The molecule has 1 rings (SSSR count). The molecule has 1 heterocycles. The second-order valence-electron chi connectivity index (χ2n) is 3.06. The first-order chi connectivity index (χ1) is 7.15. The average molecular weight is 205 g/mol. The third-order valence-electron chi connectivity index (χ3n) is 1.79. The number of carboxylic acids is 1. The second kappa shape index (κ2) is 5.05. The number of rotatable bonds is 4. The number of nitrogens with zero attached hydrogens (tertiary/aromatic N) is 1. The Hall–Kier alpha value is -1.97. The van der Waals surface area contributed by atoms with E-state index < -0.39 is 5.97 Å². The molecule has 15 heavy (non-hydrogen) atoms. The SMILES string of the molecule is Cc1cnc(C(=O)O)c(C=CCC=O)c1. The Labute approximate surface area is 87.3 Å². The Kier molecular flexibility index (Phi) is 3.74. The first-order valence-electron chi connectivity index (χ1n) is 4.45. The van der Waals surface area contributed by atoms with E-state index in [1.54, 1.807) is 18.2 Å². The van der Waals surface area contributed by atoms with Gasteiger partial charge in [0.2, 0.25) is 0 Å². The topological polar surface area (TPSA) is 67.3 Å². The molecule has 0 saturated heterocycles. The van der Waals surface area contributed by atoms with Gasteiger partial charge in [0.25, 0.3) is 0 Å². The molecule has 0 aliphatic rings. The molecule has 0 bridgehead atoms. The second-order valence-corrected chi connectivity index (χ2v) is 3.06. The third kappa shape index (κ3) is 3.02. The van der Waals surface area contributed by atoms with Crippen molar-refractivity contribution >= 4 is 18.3 Å². The van der Waals surface area contributed by atoms with Crippen LogP contribution >= 0.6 is 0 Å². The van der Waals surface area contributed by atoms with Crippen molar-refractivity contribution in [2.45, 2.75) is 13.3 Å². The molecule has 1 aromatic heterocycles. The summed E-state index contributed by atoms with van der Waals surface area (Å²) >= 11 is 0. The number of aromatic nitrogens is 1. The number of hydrogen-bond donors (Lipinski definition) is 1. The summed E-state index contributed by atoms with van der Waals surface area (Å²) in [7, 11) is 0. The van der Waals surface area contributed by atoms with E-state index in [1.165, 1.54) is 6.20 Å². The lowest BCUT2D eigenvalue weighted by Crippen LogP contribution is -2.03. The molecule has 0 fully saturated rings. The number of aryl methyl sites for hydroxylation is 1. The van der Waals surface area contributed by atoms with Crippen molar-refractivity contribution in [3.8, 4) is 0 Å². The van der Waals surface area contributed by atoms with E-state index >= 15 is 0 Å². The van der Waals surface area contributed by atoms with Gasteiger partial charge in [-0.2, -0.15) is 0 Å². The fourth-order valence-corrected chi connectivity index (χ4v) is 1.15. The number of aldehydes is 1. The van der Waals surface area contributed by atoms with Gasteiger partial charge in [0, 0.05) is 18.2 Å². The van der Waals surface area contributed by atoms with Crippen LogP contribution in [0.25, 0.3) is 6.08 Å². The number of carbonyl (C=O) groups excluding carboxylic acids is 1. The Balaban J connectivity index is 3.07. The van der Waals surface area contributed by atoms with E-state index in [2.05, 4.69) is 4.98 Å². The molecular weight excluding hydrogens is 194 g/mol. The van der Waals surface area contributed by atoms with E-state index in [0.717, 1.165) is 11.8 Å². The monoisotopic (exact) mass is 205 g/mol.